The van der Waals surface area contributed by atoms with Crippen molar-refractivity contribution in [3.63, 3.8) is 0 Å². The average Bonchev–Trinajstić information content (AvgIpc) is 2.67. The predicted molar refractivity (Wildman–Crippen MR) is 104 cm³/mol. The first kappa shape index (κ1) is 16.9. The SMILES string of the molecule is COC(=O)c1ccc(Oc2ccc(C34CC5CC(CC(C5)C3)C4)cc2)cc1. The molecule has 27 heavy (non-hydrogen) atoms. The van der Waals surface area contributed by atoms with E-state index in [-0.39, 0.29) is 5.97 Å². The highest BCUT2D eigenvalue weighted by Gasteiger charge is 2.51. The lowest BCUT2D eigenvalue weighted by Crippen LogP contribution is -2.48. The van der Waals surface area contributed by atoms with E-state index in [9.17, 15) is 4.79 Å². The smallest absolute Gasteiger partial charge is 0.337 e. The Hall–Kier alpha value is -2.29. The molecule has 0 amide bonds. The van der Waals surface area contributed by atoms with Crippen LogP contribution in [-0.2, 0) is 10.2 Å². The number of methoxy groups -OCH3 is 1. The molecule has 0 N–H and O–H groups in total. The summed E-state index contributed by atoms with van der Waals surface area (Å²) in [6, 6.07) is 15.8. The quantitative estimate of drug-likeness (QED) is 0.651. The largest absolute Gasteiger partial charge is 0.465 e. The van der Waals surface area contributed by atoms with Crippen molar-refractivity contribution in [3.8, 4) is 11.5 Å². The zero-order valence-electron chi connectivity index (χ0n) is 15.8. The van der Waals surface area contributed by atoms with Gasteiger partial charge in [0.05, 0.1) is 12.7 Å². The predicted octanol–water partition coefficient (Wildman–Crippen LogP) is 5.73. The number of ether oxygens (including phenoxy) is 2. The first-order valence-electron chi connectivity index (χ1n) is 10.1. The molecule has 4 fully saturated rings. The van der Waals surface area contributed by atoms with E-state index in [1.54, 1.807) is 24.3 Å². The van der Waals surface area contributed by atoms with Crippen molar-refractivity contribution in [2.24, 2.45) is 17.8 Å². The molecule has 0 heterocycles. The van der Waals surface area contributed by atoms with Gasteiger partial charge in [0.25, 0.3) is 0 Å². The maximum absolute atomic E-state index is 11.5. The summed E-state index contributed by atoms with van der Waals surface area (Å²) in [5, 5.41) is 0. The van der Waals surface area contributed by atoms with Crippen LogP contribution in [0, 0.1) is 17.8 Å². The van der Waals surface area contributed by atoms with Crippen LogP contribution in [0.25, 0.3) is 0 Å². The molecule has 0 unspecified atom stereocenters. The number of hydrogen-bond donors (Lipinski definition) is 0. The minimum atomic E-state index is -0.332. The van der Waals surface area contributed by atoms with E-state index >= 15 is 0 Å². The Morgan fingerprint density at radius 2 is 1.30 bits per heavy atom. The third-order valence-corrected chi connectivity index (χ3v) is 7.02. The van der Waals surface area contributed by atoms with Crippen molar-refractivity contribution >= 4 is 5.97 Å². The van der Waals surface area contributed by atoms with E-state index in [0.717, 1.165) is 29.3 Å². The minimum absolute atomic E-state index is 0.332. The zero-order chi connectivity index (χ0) is 18.4. The van der Waals surface area contributed by atoms with Gasteiger partial charge in [0.2, 0.25) is 0 Å². The van der Waals surface area contributed by atoms with Gasteiger partial charge in [0, 0.05) is 0 Å². The van der Waals surface area contributed by atoms with Gasteiger partial charge in [0.15, 0.2) is 0 Å². The molecule has 4 bridgehead atoms. The second-order valence-electron chi connectivity index (χ2n) is 8.84. The van der Waals surface area contributed by atoms with Crippen LogP contribution in [0.2, 0.25) is 0 Å². The maximum Gasteiger partial charge on any atom is 0.337 e. The fourth-order valence-corrected chi connectivity index (χ4v) is 6.25. The van der Waals surface area contributed by atoms with Crippen LogP contribution < -0.4 is 4.74 Å². The lowest BCUT2D eigenvalue weighted by Gasteiger charge is -2.57. The highest BCUT2D eigenvalue weighted by Crippen LogP contribution is 2.60. The van der Waals surface area contributed by atoms with Crippen molar-refractivity contribution in [1.82, 2.24) is 0 Å². The third-order valence-electron chi connectivity index (χ3n) is 7.02. The highest BCUT2D eigenvalue weighted by atomic mass is 16.5. The number of esters is 1. The molecule has 140 valence electrons. The molecule has 2 aromatic carbocycles. The van der Waals surface area contributed by atoms with Gasteiger partial charge in [-0.3, -0.25) is 0 Å². The number of carbonyl (C=O) groups is 1. The molecular formula is C24H26O3. The highest BCUT2D eigenvalue weighted by molar-refractivity contribution is 5.89. The Labute approximate surface area is 160 Å². The van der Waals surface area contributed by atoms with E-state index in [1.165, 1.54) is 51.2 Å². The van der Waals surface area contributed by atoms with Gasteiger partial charge in [-0.1, -0.05) is 12.1 Å². The van der Waals surface area contributed by atoms with Crippen LogP contribution in [-0.4, -0.2) is 13.1 Å². The lowest BCUT2D eigenvalue weighted by atomic mass is 9.48. The normalized spacial score (nSPS) is 30.9. The first-order valence-corrected chi connectivity index (χ1v) is 10.1. The Bertz CT molecular complexity index is 800. The molecule has 3 heteroatoms. The second kappa shape index (κ2) is 6.40. The van der Waals surface area contributed by atoms with Crippen molar-refractivity contribution in [1.29, 1.82) is 0 Å². The van der Waals surface area contributed by atoms with Crippen molar-refractivity contribution in [3.05, 3.63) is 59.7 Å². The molecule has 2 aromatic rings. The van der Waals surface area contributed by atoms with Gasteiger partial charge in [0.1, 0.15) is 11.5 Å². The molecule has 0 radical (unpaired) electrons. The summed E-state index contributed by atoms with van der Waals surface area (Å²) in [6.07, 6.45) is 8.57. The number of hydrogen-bond acceptors (Lipinski definition) is 3. The summed E-state index contributed by atoms with van der Waals surface area (Å²) in [5.74, 6) is 4.11. The lowest BCUT2D eigenvalue weighted by molar-refractivity contribution is -0.00520. The molecule has 0 aromatic heterocycles. The maximum atomic E-state index is 11.5. The molecule has 0 spiro atoms. The zero-order valence-corrected chi connectivity index (χ0v) is 15.8. The Morgan fingerprint density at radius 3 is 1.78 bits per heavy atom. The average molecular weight is 362 g/mol. The molecule has 6 rings (SSSR count). The number of carbonyl (C=O) groups excluding carboxylic acids is 1. The summed E-state index contributed by atoms with van der Waals surface area (Å²) in [5.41, 5.74) is 2.46. The van der Waals surface area contributed by atoms with Crippen LogP contribution >= 0.6 is 0 Å². The minimum Gasteiger partial charge on any atom is -0.465 e. The molecule has 0 saturated heterocycles. The van der Waals surface area contributed by atoms with Crippen LogP contribution in [0.4, 0.5) is 0 Å². The summed E-state index contributed by atoms with van der Waals surface area (Å²) < 4.78 is 10.7. The van der Waals surface area contributed by atoms with E-state index in [4.69, 9.17) is 9.47 Å². The first-order chi connectivity index (χ1) is 13.1. The number of benzene rings is 2. The van der Waals surface area contributed by atoms with Crippen molar-refractivity contribution < 1.29 is 14.3 Å². The summed E-state index contributed by atoms with van der Waals surface area (Å²) in [4.78, 5) is 11.5. The molecule has 4 aliphatic carbocycles. The fourth-order valence-electron chi connectivity index (χ4n) is 6.25. The third kappa shape index (κ3) is 3.03. The molecular weight excluding hydrogens is 336 g/mol. The van der Waals surface area contributed by atoms with Crippen LogP contribution in [0.15, 0.2) is 48.5 Å². The number of rotatable bonds is 4. The molecule has 0 atom stereocenters. The fraction of sp³-hybridized carbons (Fsp3) is 0.458. The van der Waals surface area contributed by atoms with Crippen LogP contribution in [0.5, 0.6) is 11.5 Å². The van der Waals surface area contributed by atoms with E-state index in [0.29, 0.717) is 11.0 Å². The van der Waals surface area contributed by atoms with Gasteiger partial charge < -0.3 is 9.47 Å². The summed E-state index contributed by atoms with van der Waals surface area (Å²) in [6.45, 7) is 0. The molecule has 4 saturated carbocycles. The Kier molecular flexibility index (Phi) is 3.99. The molecule has 4 aliphatic rings. The Morgan fingerprint density at radius 1 is 0.815 bits per heavy atom. The van der Waals surface area contributed by atoms with Crippen molar-refractivity contribution in [2.45, 2.75) is 43.9 Å². The standard InChI is InChI=1S/C24H26O3/c1-26-23(25)19-2-6-21(7-3-19)27-22-8-4-20(5-9-22)24-13-16-10-17(14-24)12-18(11-16)15-24/h2-9,16-18H,10-15H2,1H3. The van der Waals surface area contributed by atoms with Crippen LogP contribution in [0.3, 0.4) is 0 Å². The van der Waals surface area contributed by atoms with E-state index in [1.807, 2.05) is 0 Å². The molecule has 3 nitrogen and oxygen atoms in total. The van der Waals surface area contributed by atoms with Gasteiger partial charge >= 0.3 is 5.97 Å². The van der Waals surface area contributed by atoms with Gasteiger partial charge in [-0.2, -0.15) is 0 Å². The van der Waals surface area contributed by atoms with Gasteiger partial charge in [-0.25, -0.2) is 4.79 Å². The van der Waals surface area contributed by atoms with E-state index < -0.39 is 0 Å². The summed E-state index contributed by atoms with van der Waals surface area (Å²) >= 11 is 0. The summed E-state index contributed by atoms with van der Waals surface area (Å²) in [7, 11) is 1.39. The van der Waals surface area contributed by atoms with Gasteiger partial charge in [-0.05, 0) is 104 Å². The van der Waals surface area contributed by atoms with Crippen molar-refractivity contribution in [2.75, 3.05) is 7.11 Å². The monoisotopic (exact) mass is 362 g/mol. The Balaban J connectivity index is 1.31. The topological polar surface area (TPSA) is 35.5 Å². The molecule has 0 aliphatic heterocycles. The van der Waals surface area contributed by atoms with E-state index in [2.05, 4.69) is 24.3 Å². The van der Waals surface area contributed by atoms with Gasteiger partial charge in [-0.15, -0.1) is 0 Å². The second-order valence-corrected chi connectivity index (χ2v) is 8.84. The van der Waals surface area contributed by atoms with Crippen LogP contribution in [0.1, 0.15) is 54.4 Å².